The second-order valence-corrected chi connectivity index (χ2v) is 6.25. The number of rotatable bonds is 2. The van der Waals surface area contributed by atoms with Gasteiger partial charge in [-0.3, -0.25) is 4.79 Å². The number of sulfone groups is 1. The van der Waals surface area contributed by atoms with Crippen molar-refractivity contribution in [2.45, 2.75) is 24.3 Å². The average Bonchev–Trinajstić information content (AvgIpc) is 2.55. The van der Waals surface area contributed by atoms with Crippen molar-refractivity contribution in [3.8, 4) is 0 Å². The Balaban J connectivity index is 2.32. The Morgan fingerprint density at radius 3 is 2.82 bits per heavy atom. The zero-order valence-electron chi connectivity index (χ0n) is 9.43. The number of aryl methyl sites for hydroxylation is 1. The number of amides is 1. The van der Waals surface area contributed by atoms with Crippen LogP contribution in [0.3, 0.4) is 0 Å². The molecule has 3 N–H and O–H groups in total. The van der Waals surface area contributed by atoms with Crippen LogP contribution in [0.4, 0.5) is 5.69 Å². The molecule has 0 aliphatic carbocycles. The van der Waals surface area contributed by atoms with Gasteiger partial charge in [-0.25, -0.2) is 8.42 Å². The van der Waals surface area contributed by atoms with Crippen molar-refractivity contribution in [1.29, 1.82) is 0 Å². The fourth-order valence-corrected chi connectivity index (χ4v) is 3.32. The van der Waals surface area contributed by atoms with Crippen LogP contribution in [0.15, 0.2) is 23.1 Å². The van der Waals surface area contributed by atoms with E-state index in [9.17, 15) is 13.2 Å². The Bertz CT molecular complexity index is 564. The van der Waals surface area contributed by atoms with Crippen LogP contribution in [-0.2, 0) is 21.1 Å². The van der Waals surface area contributed by atoms with Crippen LogP contribution in [0.25, 0.3) is 0 Å². The van der Waals surface area contributed by atoms with Crippen LogP contribution >= 0.6 is 0 Å². The summed E-state index contributed by atoms with van der Waals surface area (Å²) in [6.45, 7) is 1.57. The lowest BCUT2D eigenvalue weighted by atomic mass is 10.1. The van der Waals surface area contributed by atoms with Gasteiger partial charge in [0, 0.05) is 5.69 Å². The number of benzene rings is 1. The van der Waals surface area contributed by atoms with Gasteiger partial charge in [0.25, 0.3) is 0 Å². The fraction of sp³-hybridized carbons (Fsp3) is 0.364. The molecule has 1 aromatic rings. The minimum atomic E-state index is -3.17. The Morgan fingerprint density at radius 1 is 1.47 bits per heavy atom. The molecular formula is C11H14N2O3S. The van der Waals surface area contributed by atoms with Crippen molar-refractivity contribution in [3.63, 3.8) is 0 Å². The summed E-state index contributed by atoms with van der Waals surface area (Å²) < 4.78 is 23.4. The van der Waals surface area contributed by atoms with Gasteiger partial charge in [-0.2, -0.15) is 0 Å². The maximum atomic E-state index is 11.7. The number of nitrogens with two attached hydrogens (primary N) is 1. The second kappa shape index (κ2) is 4.12. The van der Waals surface area contributed by atoms with Gasteiger partial charge in [-0.05, 0) is 31.0 Å². The molecule has 1 atom stereocenters. The number of fused-ring (bicyclic) bond motifs is 1. The number of nitrogens with one attached hydrogen (secondary N) is 1. The number of hydrogen-bond donors (Lipinski definition) is 2. The molecule has 0 saturated heterocycles. The molecule has 1 aromatic carbocycles. The molecule has 5 nitrogen and oxygen atoms in total. The van der Waals surface area contributed by atoms with Crippen LogP contribution in [0.2, 0.25) is 0 Å². The van der Waals surface area contributed by atoms with Crippen molar-refractivity contribution in [2.75, 3.05) is 11.1 Å². The lowest BCUT2D eigenvalue weighted by Gasteiger charge is -2.08. The summed E-state index contributed by atoms with van der Waals surface area (Å²) in [6.07, 6.45) is 0.541. The zero-order valence-corrected chi connectivity index (χ0v) is 10.3. The predicted octanol–water partition coefficient (Wildman–Crippen LogP) is 0.302. The van der Waals surface area contributed by atoms with Crippen molar-refractivity contribution in [3.05, 3.63) is 23.8 Å². The molecule has 0 aromatic heterocycles. The number of carbonyl (C=O) groups is 1. The first-order chi connectivity index (χ1) is 7.90. The van der Waals surface area contributed by atoms with Gasteiger partial charge in [0.05, 0.1) is 16.7 Å². The minimum absolute atomic E-state index is 0.146. The number of carbonyl (C=O) groups excluding carboxylic acids is 1. The van der Waals surface area contributed by atoms with E-state index in [4.69, 9.17) is 5.73 Å². The summed E-state index contributed by atoms with van der Waals surface area (Å²) in [7, 11) is -3.17. The third-order valence-corrected chi connectivity index (χ3v) is 4.52. The van der Waals surface area contributed by atoms with Gasteiger partial charge in [-0.1, -0.05) is 6.07 Å². The van der Waals surface area contributed by atoms with E-state index in [1.165, 1.54) is 6.07 Å². The Labute approximate surface area is 99.9 Å². The Morgan fingerprint density at radius 2 is 2.18 bits per heavy atom. The van der Waals surface area contributed by atoms with E-state index in [1.54, 1.807) is 19.1 Å². The maximum absolute atomic E-state index is 11.7. The molecule has 1 amide bonds. The molecule has 0 saturated carbocycles. The molecule has 0 spiro atoms. The number of anilines is 1. The summed E-state index contributed by atoms with van der Waals surface area (Å²) in [5.41, 5.74) is 6.70. The summed E-state index contributed by atoms with van der Waals surface area (Å²) in [5, 5.41) is 2.58. The molecule has 1 aliphatic rings. The average molecular weight is 254 g/mol. The van der Waals surface area contributed by atoms with Crippen molar-refractivity contribution in [1.82, 2.24) is 0 Å². The third-order valence-electron chi connectivity index (χ3n) is 2.72. The predicted molar refractivity (Wildman–Crippen MR) is 64.5 cm³/mol. The monoisotopic (exact) mass is 254 g/mol. The molecule has 17 heavy (non-hydrogen) atoms. The molecular weight excluding hydrogens is 240 g/mol. The van der Waals surface area contributed by atoms with Crippen LogP contribution in [0.1, 0.15) is 12.5 Å². The molecule has 0 fully saturated rings. The van der Waals surface area contributed by atoms with E-state index < -0.39 is 15.9 Å². The van der Waals surface area contributed by atoms with E-state index in [0.29, 0.717) is 17.0 Å². The van der Waals surface area contributed by atoms with Gasteiger partial charge >= 0.3 is 0 Å². The summed E-state index contributed by atoms with van der Waals surface area (Å²) >= 11 is 0. The molecule has 0 radical (unpaired) electrons. The maximum Gasteiger partial charge on any atom is 0.240 e. The quantitative estimate of drug-likeness (QED) is 0.794. The normalized spacial score (nSPS) is 18.5. The first-order valence-electron chi connectivity index (χ1n) is 5.32. The van der Waals surface area contributed by atoms with Gasteiger partial charge < -0.3 is 11.1 Å². The van der Waals surface area contributed by atoms with Gasteiger partial charge in [0.1, 0.15) is 0 Å². The number of hydrogen-bond acceptors (Lipinski definition) is 4. The highest BCUT2D eigenvalue weighted by molar-refractivity contribution is 7.91. The molecule has 6 heteroatoms. The molecule has 1 aliphatic heterocycles. The SMILES string of the molecule is C[C@H](N)C(=O)Nc1ccc2c(c1)S(=O)(=O)CC2. The van der Waals surface area contributed by atoms with Crippen LogP contribution in [0.5, 0.6) is 0 Å². The smallest absolute Gasteiger partial charge is 0.240 e. The Kier molecular flexibility index (Phi) is 2.92. The lowest BCUT2D eigenvalue weighted by molar-refractivity contribution is -0.117. The molecule has 0 bridgehead atoms. The van der Waals surface area contributed by atoms with E-state index in [-0.39, 0.29) is 11.7 Å². The fourth-order valence-electron chi connectivity index (χ4n) is 1.74. The van der Waals surface area contributed by atoms with E-state index in [1.807, 2.05) is 0 Å². The minimum Gasteiger partial charge on any atom is -0.325 e. The topological polar surface area (TPSA) is 89.3 Å². The van der Waals surface area contributed by atoms with Crippen molar-refractivity contribution < 1.29 is 13.2 Å². The first-order valence-corrected chi connectivity index (χ1v) is 6.97. The van der Waals surface area contributed by atoms with E-state index in [0.717, 1.165) is 5.56 Å². The van der Waals surface area contributed by atoms with Crippen LogP contribution in [0, 0.1) is 0 Å². The lowest BCUT2D eigenvalue weighted by Crippen LogP contribution is -2.32. The van der Waals surface area contributed by atoms with Gasteiger partial charge in [0.2, 0.25) is 5.91 Å². The highest BCUT2D eigenvalue weighted by Crippen LogP contribution is 2.28. The first kappa shape index (κ1) is 12.1. The highest BCUT2D eigenvalue weighted by atomic mass is 32.2. The molecule has 1 heterocycles. The third kappa shape index (κ3) is 2.32. The molecule has 92 valence electrons. The van der Waals surface area contributed by atoms with Gasteiger partial charge in [-0.15, -0.1) is 0 Å². The summed E-state index contributed by atoms with van der Waals surface area (Å²) in [4.78, 5) is 11.7. The van der Waals surface area contributed by atoms with E-state index in [2.05, 4.69) is 5.32 Å². The molecule has 0 unspecified atom stereocenters. The summed E-state index contributed by atoms with van der Waals surface area (Å²) in [6, 6.07) is 4.30. The van der Waals surface area contributed by atoms with Crippen molar-refractivity contribution in [2.24, 2.45) is 5.73 Å². The summed E-state index contributed by atoms with van der Waals surface area (Å²) in [5.74, 6) is -0.187. The second-order valence-electron chi connectivity index (χ2n) is 4.17. The highest BCUT2D eigenvalue weighted by Gasteiger charge is 2.26. The standard InChI is InChI=1S/C11H14N2O3S/c1-7(12)11(14)13-9-3-2-8-4-5-17(15,16)10(8)6-9/h2-3,6-7H,4-5,12H2,1H3,(H,13,14)/t7-/m0/s1. The Hall–Kier alpha value is -1.40. The van der Waals surface area contributed by atoms with E-state index >= 15 is 0 Å². The van der Waals surface area contributed by atoms with Crippen LogP contribution in [-0.4, -0.2) is 26.1 Å². The van der Waals surface area contributed by atoms with Crippen LogP contribution < -0.4 is 11.1 Å². The largest absolute Gasteiger partial charge is 0.325 e. The van der Waals surface area contributed by atoms with Crippen molar-refractivity contribution >= 4 is 21.4 Å². The molecule has 2 rings (SSSR count). The van der Waals surface area contributed by atoms with Gasteiger partial charge in [0.15, 0.2) is 9.84 Å². The zero-order chi connectivity index (χ0) is 12.6.